The van der Waals surface area contributed by atoms with Crippen molar-refractivity contribution in [3.05, 3.63) is 32.8 Å². The number of nitro benzene ring substituents is 1. The molecule has 0 bridgehead atoms. The van der Waals surface area contributed by atoms with Gasteiger partial charge < -0.3 is 5.32 Å². The van der Waals surface area contributed by atoms with Gasteiger partial charge in [-0.3, -0.25) is 10.1 Å². The number of nitro groups is 1. The predicted octanol–water partition coefficient (Wildman–Crippen LogP) is 3.66. The third-order valence-electron chi connectivity index (χ3n) is 2.88. The van der Waals surface area contributed by atoms with Crippen molar-refractivity contribution in [2.45, 2.75) is 24.6 Å². The second kappa shape index (κ2) is 5.27. The van der Waals surface area contributed by atoms with Crippen molar-refractivity contribution in [2.75, 3.05) is 11.1 Å². The van der Waals surface area contributed by atoms with Crippen molar-refractivity contribution >= 4 is 39.1 Å². The van der Waals surface area contributed by atoms with E-state index in [9.17, 15) is 10.1 Å². The Hall–Kier alpha value is -0.750. The fourth-order valence-corrected chi connectivity index (χ4v) is 3.54. The molecule has 1 fully saturated rings. The van der Waals surface area contributed by atoms with Gasteiger partial charge in [0.2, 0.25) is 0 Å². The van der Waals surface area contributed by atoms with Crippen LogP contribution in [-0.2, 0) is 0 Å². The Morgan fingerprint density at radius 1 is 1.59 bits per heavy atom. The van der Waals surface area contributed by atoms with E-state index in [1.165, 1.54) is 17.9 Å². The third-order valence-corrected chi connectivity index (χ3v) is 4.86. The Morgan fingerprint density at radius 2 is 2.35 bits per heavy atom. The maximum Gasteiger partial charge on any atom is 0.270 e. The van der Waals surface area contributed by atoms with Gasteiger partial charge in [-0.2, -0.15) is 11.8 Å². The molecule has 0 spiro atoms. The van der Waals surface area contributed by atoms with Crippen LogP contribution in [0.15, 0.2) is 22.7 Å². The van der Waals surface area contributed by atoms with Gasteiger partial charge in [-0.05, 0) is 34.2 Å². The van der Waals surface area contributed by atoms with Crippen LogP contribution in [0, 0.1) is 10.1 Å². The number of non-ortho nitro benzene ring substituents is 1. The average molecular weight is 317 g/mol. The van der Waals surface area contributed by atoms with E-state index < -0.39 is 0 Å². The molecular weight excluding hydrogens is 304 g/mol. The first-order valence-electron chi connectivity index (χ1n) is 5.40. The smallest absolute Gasteiger partial charge is 0.270 e. The van der Waals surface area contributed by atoms with Crippen LogP contribution in [0.1, 0.15) is 13.3 Å². The Balaban J connectivity index is 2.14. The molecule has 0 amide bonds. The highest BCUT2D eigenvalue weighted by molar-refractivity contribution is 9.10. The second-order valence-corrected chi connectivity index (χ2v) is 6.38. The molecule has 92 valence electrons. The second-order valence-electron chi connectivity index (χ2n) is 4.04. The lowest BCUT2D eigenvalue weighted by molar-refractivity contribution is -0.384. The Labute approximate surface area is 112 Å². The van der Waals surface area contributed by atoms with E-state index >= 15 is 0 Å². The maximum atomic E-state index is 10.6. The average Bonchev–Trinajstić information content (AvgIpc) is 2.67. The molecule has 1 heterocycles. The monoisotopic (exact) mass is 316 g/mol. The molecule has 1 aromatic carbocycles. The summed E-state index contributed by atoms with van der Waals surface area (Å²) in [6.07, 6.45) is 1.13. The molecule has 0 aromatic heterocycles. The van der Waals surface area contributed by atoms with Crippen molar-refractivity contribution in [3.8, 4) is 0 Å². The normalized spacial score (nSPS) is 23.6. The summed E-state index contributed by atoms with van der Waals surface area (Å²) in [6.45, 7) is 2.20. The zero-order valence-electron chi connectivity index (χ0n) is 9.35. The maximum absolute atomic E-state index is 10.6. The standard InChI is InChI=1S/C11H13BrN2O2S/c1-7-10(4-5-17-7)13-11-3-2-8(14(15)16)6-9(11)12/h2-3,6-7,10,13H,4-5H2,1H3. The molecule has 1 saturated heterocycles. The minimum atomic E-state index is -0.386. The molecule has 1 aliphatic heterocycles. The lowest BCUT2D eigenvalue weighted by Gasteiger charge is -2.18. The van der Waals surface area contributed by atoms with Gasteiger partial charge in [0.1, 0.15) is 0 Å². The molecule has 1 aromatic rings. The zero-order chi connectivity index (χ0) is 12.4. The number of rotatable bonds is 3. The van der Waals surface area contributed by atoms with E-state index in [0.717, 1.165) is 16.6 Å². The van der Waals surface area contributed by atoms with E-state index in [0.29, 0.717) is 11.3 Å². The third kappa shape index (κ3) is 2.93. The molecule has 2 unspecified atom stereocenters. The largest absolute Gasteiger partial charge is 0.380 e. The van der Waals surface area contributed by atoms with Crippen molar-refractivity contribution in [1.29, 1.82) is 0 Å². The lowest BCUT2D eigenvalue weighted by atomic mass is 10.1. The van der Waals surface area contributed by atoms with Crippen molar-refractivity contribution < 1.29 is 4.92 Å². The number of benzene rings is 1. The first kappa shape index (κ1) is 12.7. The van der Waals surface area contributed by atoms with E-state index in [4.69, 9.17) is 0 Å². The van der Waals surface area contributed by atoms with E-state index in [-0.39, 0.29) is 10.6 Å². The highest BCUT2D eigenvalue weighted by Crippen LogP contribution is 2.32. The number of nitrogens with one attached hydrogen (secondary N) is 1. The molecule has 1 aliphatic rings. The summed E-state index contributed by atoms with van der Waals surface area (Å²) in [6, 6.07) is 5.27. The van der Waals surface area contributed by atoms with Gasteiger partial charge in [0, 0.05) is 33.6 Å². The number of anilines is 1. The van der Waals surface area contributed by atoms with Crippen LogP contribution < -0.4 is 5.32 Å². The number of halogens is 1. The summed E-state index contributed by atoms with van der Waals surface area (Å²) < 4.78 is 0.746. The quantitative estimate of drug-likeness (QED) is 0.683. The van der Waals surface area contributed by atoms with Crippen molar-refractivity contribution in [3.63, 3.8) is 0 Å². The van der Waals surface area contributed by atoms with Crippen molar-refractivity contribution in [1.82, 2.24) is 0 Å². The van der Waals surface area contributed by atoms with E-state index in [1.54, 1.807) is 6.07 Å². The topological polar surface area (TPSA) is 55.2 Å². The molecule has 4 nitrogen and oxygen atoms in total. The summed E-state index contributed by atoms with van der Waals surface area (Å²) in [5.74, 6) is 1.17. The molecule has 6 heteroatoms. The number of hydrogen-bond acceptors (Lipinski definition) is 4. The lowest BCUT2D eigenvalue weighted by Crippen LogP contribution is -2.24. The van der Waals surface area contributed by atoms with Gasteiger partial charge in [-0.25, -0.2) is 0 Å². The molecule has 17 heavy (non-hydrogen) atoms. The molecular formula is C11H13BrN2O2S. The van der Waals surface area contributed by atoms with Crippen LogP contribution in [-0.4, -0.2) is 22.0 Å². The molecule has 1 N–H and O–H groups in total. The van der Waals surface area contributed by atoms with Crippen LogP contribution in [0.3, 0.4) is 0 Å². The van der Waals surface area contributed by atoms with Gasteiger partial charge in [0.05, 0.1) is 4.92 Å². The first-order chi connectivity index (χ1) is 8.08. The van der Waals surface area contributed by atoms with Gasteiger partial charge in [0.25, 0.3) is 5.69 Å². The summed E-state index contributed by atoms with van der Waals surface area (Å²) in [5.41, 5.74) is 1.03. The van der Waals surface area contributed by atoms with Gasteiger partial charge in [0.15, 0.2) is 0 Å². The summed E-state index contributed by atoms with van der Waals surface area (Å²) >= 11 is 5.32. The fraction of sp³-hybridized carbons (Fsp3) is 0.455. The highest BCUT2D eigenvalue weighted by Gasteiger charge is 2.24. The SMILES string of the molecule is CC1SCCC1Nc1ccc([N+](=O)[O-])cc1Br. The minimum Gasteiger partial charge on any atom is -0.380 e. The number of nitrogens with zero attached hydrogens (tertiary/aromatic N) is 1. The molecule has 0 radical (unpaired) electrons. The summed E-state index contributed by atoms with van der Waals surface area (Å²) in [4.78, 5) is 10.2. The van der Waals surface area contributed by atoms with Gasteiger partial charge in [-0.1, -0.05) is 6.92 Å². The van der Waals surface area contributed by atoms with Crippen LogP contribution in [0.2, 0.25) is 0 Å². The molecule has 0 saturated carbocycles. The molecule has 2 rings (SSSR count). The fourth-order valence-electron chi connectivity index (χ4n) is 1.86. The van der Waals surface area contributed by atoms with Crippen LogP contribution >= 0.6 is 27.7 Å². The Morgan fingerprint density at radius 3 is 2.88 bits per heavy atom. The Bertz CT molecular complexity index is 441. The van der Waals surface area contributed by atoms with Crippen molar-refractivity contribution in [2.24, 2.45) is 0 Å². The number of thioether (sulfide) groups is 1. The minimum absolute atomic E-state index is 0.108. The molecule has 0 aliphatic carbocycles. The highest BCUT2D eigenvalue weighted by atomic mass is 79.9. The molecule has 2 atom stereocenters. The summed E-state index contributed by atoms with van der Waals surface area (Å²) in [5, 5.41) is 14.6. The van der Waals surface area contributed by atoms with Gasteiger partial charge in [-0.15, -0.1) is 0 Å². The first-order valence-corrected chi connectivity index (χ1v) is 7.24. The summed E-state index contributed by atoms with van der Waals surface area (Å²) in [7, 11) is 0. The predicted molar refractivity (Wildman–Crippen MR) is 74.7 cm³/mol. The zero-order valence-corrected chi connectivity index (χ0v) is 11.8. The van der Waals surface area contributed by atoms with Gasteiger partial charge >= 0.3 is 0 Å². The van der Waals surface area contributed by atoms with Crippen LogP contribution in [0.25, 0.3) is 0 Å². The number of hydrogen-bond donors (Lipinski definition) is 1. The van der Waals surface area contributed by atoms with Crippen LogP contribution in [0.5, 0.6) is 0 Å². The van der Waals surface area contributed by atoms with Crippen LogP contribution in [0.4, 0.5) is 11.4 Å². The van der Waals surface area contributed by atoms with E-state index in [1.807, 2.05) is 11.8 Å². The Kier molecular flexibility index (Phi) is 3.93. The van der Waals surface area contributed by atoms with E-state index in [2.05, 4.69) is 28.2 Å².